The van der Waals surface area contributed by atoms with Crippen molar-refractivity contribution in [3.05, 3.63) is 34.2 Å². The van der Waals surface area contributed by atoms with Crippen molar-refractivity contribution in [2.24, 2.45) is 12.5 Å². The number of aromatic nitrogens is 1. The molecule has 0 bridgehead atoms. The van der Waals surface area contributed by atoms with Gasteiger partial charge in [-0.3, -0.25) is 4.79 Å². The molecule has 0 aliphatic carbocycles. The van der Waals surface area contributed by atoms with Crippen molar-refractivity contribution in [2.75, 3.05) is 0 Å². The average molecular weight is 223 g/mol. The van der Waals surface area contributed by atoms with Gasteiger partial charge in [-0.1, -0.05) is 20.8 Å². The number of aliphatic hydroxyl groups is 1. The van der Waals surface area contributed by atoms with Crippen LogP contribution < -0.4 is 5.56 Å². The fraction of sp³-hybridized carbons (Fsp3) is 0.615. The molecule has 1 aromatic rings. The van der Waals surface area contributed by atoms with Gasteiger partial charge < -0.3 is 9.67 Å². The maximum Gasteiger partial charge on any atom is 0.250 e. The molecule has 3 nitrogen and oxygen atoms in total. The number of aliphatic hydroxyl groups excluding tert-OH is 1. The average Bonchev–Trinajstić information content (AvgIpc) is 2.17. The first kappa shape index (κ1) is 13.0. The minimum atomic E-state index is -0.534. The lowest BCUT2D eigenvalue weighted by molar-refractivity contribution is 0.147. The third-order valence-corrected chi connectivity index (χ3v) is 2.68. The Labute approximate surface area is 96.7 Å². The summed E-state index contributed by atoms with van der Waals surface area (Å²) in [6, 6.07) is 3.31. The molecule has 0 fully saturated rings. The van der Waals surface area contributed by atoms with Crippen LogP contribution in [-0.2, 0) is 7.05 Å². The lowest BCUT2D eigenvalue weighted by atomic mass is 9.88. The van der Waals surface area contributed by atoms with Gasteiger partial charge in [-0.15, -0.1) is 0 Å². The second kappa shape index (κ2) is 4.83. The minimum Gasteiger partial charge on any atom is -0.388 e. The minimum absolute atomic E-state index is 0.0766. The Kier molecular flexibility index (Phi) is 3.92. The third kappa shape index (κ3) is 3.81. The Morgan fingerprint density at radius 3 is 2.56 bits per heavy atom. The zero-order valence-electron chi connectivity index (χ0n) is 10.5. The number of aryl methyl sites for hydroxylation is 1. The van der Waals surface area contributed by atoms with E-state index in [4.69, 9.17) is 0 Å². The van der Waals surface area contributed by atoms with E-state index in [0.29, 0.717) is 12.0 Å². The lowest BCUT2D eigenvalue weighted by Gasteiger charge is -2.20. The standard InChI is InChI=1S/C13H21NO2/c1-13(2,3)7-5-11(15)10-6-8-14(4)12(16)9-10/h6,8-9,11,15H,5,7H2,1-4H3/t11-/m0/s1. The molecule has 0 aliphatic heterocycles. The summed E-state index contributed by atoms with van der Waals surface area (Å²) in [4.78, 5) is 11.4. The summed E-state index contributed by atoms with van der Waals surface area (Å²) in [5.41, 5.74) is 0.848. The van der Waals surface area contributed by atoms with Crippen LogP contribution in [0, 0.1) is 5.41 Å². The molecule has 0 amide bonds. The molecular formula is C13H21NO2. The summed E-state index contributed by atoms with van der Waals surface area (Å²) in [6.45, 7) is 6.43. The van der Waals surface area contributed by atoms with Crippen LogP contribution in [0.25, 0.3) is 0 Å². The molecular weight excluding hydrogens is 202 g/mol. The summed E-state index contributed by atoms with van der Waals surface area (Å²) < 4.78 is 1.50. The molecule has 0 saturated heterocycles. The van der Waals surface area contributed by atoms with E-state index in [1.54, 1.807) is 19.3 Å². The normalized spacial score (nSPS) is 13.8. The molecule has 0 saturated carbocycles. The van der Waals surface area contributed by atoms with Gasteiger partial charge in [-0.05, 0) is 29.9 Å². The number of hydrogen-bond donors (Lipinski definition) is 1. The molecule has 3 heteroatoms. The van der Waals surface area contributed by atoms with Crippen molar-refractivity contribution >= 4 is 0 Å². The largest absolute Gasteiger partial charge is 0.388 e. The van der Waals surface area contributed by atoms with Crippen molar-refractivity contribution < 1.29 is 5.11 Å². The smallest absolute Gasteiger partial charge is 0.250 e. The predicted molar refractivity (Wildman–Crippen MR) is 65.3 cm³/mol. The Bertz CT molecular complexity index is 401. The van der Waals surface area contributed by atoms with E-state index in [9.17, 15) is 9.90 Å². The summed E-state index contributed by atoms with van der Waals surface area (Å²) >= 11 is 0. The van der Waals surface area contributed by atoms with Gasteiger partial charge >= 0.3 is 0 Å². The second-order valence-electron chi connectivity index (χ2n) is 5.52. The van der Waals surface area contributed by atoms with Gasteiger partial charge in [0.1, 0.15) is 0 Å². The molecule has 0 aromatic carbocycles. The highest BCUT2D eigenvalue weighted by atomic mass is 16.3. The predicted octanol–water partition coefficient (Wildman–Crippen LogP) is 2.25. The molecule has 0 unspecified atom stereocenters. The molecule has 16 heavy (non-hydrogen) atoms. The first-order valence-corrected chi connectivity index (χ1v) is 5.64. The Hall–Kier alpha value is -1.09. The van der Waals surface area contributed by atoms with E-state index < -0.39 is 6.10 Å². The Morgan fingerprint density at radius 2 is 2.06 bits per heavy atom. The topological polar surface area (TPSA) is 42.2 Å². The van der Waals surface area contributed by atoms with Gasteiger partial charge in [0, 0.05) is 19.3 Å². The van der Waals surface area contributed by atoms with Crippen LogP contribution in [0.1, 0.15) is 45.3 Å². The van der Waals surface area contributed by atoms with E-state index >= 15 is 0 Å². The Balaban J connectivity index is 2.70. The van der Waals surface area contributed by atoms with Crippen molar-refractivity contribution in [2.45, 2.75) is 39.7 Å². The van der Waals surface area contributed by atoms with Crippen LogP contribution in [0.5, 0.6) is 0 Å². The van der Waals surface area contributed by atoms with E-state index in [1.807, 2.05) is 0 Å². The monoisotopic (exact) mass is 223 g/mol. The highest BCUT2D eigenvalue weighted by molar-refractivity contribution is 5.13. The summed E-state index contributed by atoms with van der Waals surface area (Å²) in [7, 11) is 1.70. The number of pyridine rings is 1. The maximum absolute atomic E-state index is 11.4. The first-order valence-electron chi connectivity index (χ1n) is 5.64. The summed E-state index contributed by atoms with van der Waals surface area (Å²) in [6.07, 6.45) is 2.78. The highest BCUT2D eigenvalue weighted by Crippen LogP contribution is 2.26. The second-order valence-corrected chi connectivity index (χ2v) is 5.52. The quantitative estimate of drug-likeness (QED) is 0.854. The van der Waals surface area contributed by atoms with Crippen molar-refractivity contribution in [3.8, 4) is 0 Å². The Morgan fingerprint density at radius 1 is 1.44 bits per heavy atom. The van der Waals surface area contributed by atoms with E-state index in [1.165, 1.54) is 10.6 Å². The fourth-order valence-corrected chi connectivity index (χ4v) is 1.51. The number of nitrogens with zero attached hydrogens (tertiary/aromatic N) is 1. The van der Waals surface area contributed by atoms with Crippen LogP contribution in [0.2, 0.25) is 0 Å². The zero-order chi connectivity index (χ0) is 12.3. The van der Waals surface area contributed by atoms with Gasteiger partial charge in [-0.25, -0.2) is 0 Å². The molecule has 0 spiro atoms. The molecule has 0 aliphatic rings. The molecule has 1 aromatic heterocycles. The van der Waals surface area contributed by atoms with Gasteiger partial charge in [0.25, 0.3) is 5.56 Å². The van der Waals surface area contributed by atoms with Crippen LogP contribution in [0.3, 0.4) is 0 Å². The van der Waals surface area contributed by atoms with Gasteiger partial charge in [0.15, 0.2) is 0 Å². The first-order chi connectivity index (χ1) is 7.29. The van der Waals surface area contributed by atoms with Gasteiger partial charge in [0.05, 0.1) is 6.10 Å². The van der Waals surface area contributed by atoms with Crippen LogP contribution in [0.4, 0.5) is 0 Å². The highest BCUT2D eigenvalue weighted by Gasteiger charge is 2.15. The maximum atomic E-state index is 11.4. The van der Waals surface area contributed by atoms with Crippen LogP contribution in [0.15, 0.2) is 23.1 Å². The van der Waals surface area contributed by atoms with Gasteiger partial charge in [0.2, 0.25) is 0 Å². The number of rotatable bonds is 3. The van der Waals surface area contributed by atoms with E-state index in [-0.39, 0.29) is 11.0 Å². The third-order valence-electron chi connectivity index (χ3n) is 2.68. The zero-order valence-corrected chi connectivity index (χ0v) is 10.5. The molecule has 1 rings (SSSR count). The lowest BCUT2D eigenvalue weighted by Crippen LogP contribution is -2.17. The van der Waals surface area contributed by atoms with Gasteiger partial charge in [-0.2, -0.15) is 0 Å². The summed E-state index contributed by atoms with van der Waals surface area (Å²) in [5.74, 6) is 0. The van der Waals surface area contributed by atoms with Crippen molar-refractivity contribution in [1.82, 2.24) is 4.57 Å². The SMILES string of the molecule is Cn1ccc([C@@H](O)CCC(C)(C)C)cc1=O. The molecule has 90 valence electrons. The molecule has 1 heterocycles. The molecule has 0 radical (unpaired) electrons. The van der Waals surface area contributed by atoms with E-state index in [2.05, 4.69) is 20.8 Å². The van der Waals surface area contributed by atoms with E-state index in [0.717, 1.165) is 6.42 Å². The van der Waals surface area contributed by atoms with Crippen molar-refractivity contribution in [3.63, 3.8) is 0 Å². The van der Waals surface area contributed by atoms with Crippen molar-refractivity contribution in [1.29, 1.82) is 0 Å². The van der Waals surface area contributed by atoms with Crippen LogP contribution >= 0.6 is 0 Å². The number of hydrogen-bond acceptors (Lipinski definition) is 2. The fourth-order valence-electron chi connectivity index (χ4n) is 1.51. The molecule has 1 atom stereocenters. The molecule has 1 N–H and O–H groups in total. The van der Waals surface area contributed by atoms with Crippen LogP contribution in [-0.4, -0.2) is 9.67 Å². The summed E-state index contributed by atoms with van der Waals surface area (Å²) in [5, 5.41) is 9.95.